The van der Waals surface area contributed by atoms with E-state index in [-0.39, 0.29) is 11.7 Å². The minimum atomic E-state index is -0.490. The van der Waals surface area contributed by atoms with Crippen molar-refractivity contribution in [2.45, 2.75) is 19.8 Å². The zero-order valence-electron chi connectivity index (χ0n) is 10.5. The van der Waals surface area contributed by atoms with Crippen molar-refractivity contribution in [2.75, 3.05) is 6.61 Å². The van der Waals surface area contributed by atoms with E-state index in [0.717, 1.165) is 5.56 Å². The number of carbonyl (C=O) groups excluding carboxylic acids is 1. The minimum absolute atomic E-state index is 0.0317. The Bertz CT molecular complexity index is 499. The number of nitrogens with zero attached hydrogens (tertiary/aromatic N) is 1. The Kier molecular flexibility index (Phi) is 6.02. The standard InChI is InChI=1S/C13H14ClNO4/c1-2-19-13(16)6-4-3-5-10-7-8-11(15(17)18)9-12(10)14/h4,6-9H,2-3,5H2,1H3/b6-4+. The maximum absolute atomic E-state index is 11.0. The van der Waals surface area contributed by atoms with Gasteiger partial charge in [0.25, 0.3) is 5.69 Å². The van der Waals surface area contributed by atoms with Crippen LogP contribution in [0.15, 0.2) is 30.4 Å². The fraction of sp³-hybridized carbons (Fsp3) is 0.308. The van der Waals surface area contributed by atoms with Crippen molar-refractivity contribution in [1.82, 2.24) is 0 Å². The summed E-state index contributed by atoms with van der Waals surface area (Å²) in [4.78, 5) is 21.1. The van der Waals surface area contributed by atoms with Crippen LogP contribution in [0.5, 0.6) is 0 Å². The summed E-state index contributed by atoms with van der Waals surface area (Å²) in [5.74, 6) is -0.378. The lowest BCUT2D eigenvalue weighted by Crippen LogP contribution is -1.98. The van der Waals surface area contributed by atoms with Crippen LogP contribution in [0.4, 0.5) is 5.69 Å². The van der Waals surface area contributed by atoms with Crippen molar-refractivity contribution in [1.29, 1.82) is 0 Å². The van der Waals surface area contributed by atoms with Crippen LogP contribution in [0.25, 0.3) is 0 Å². The molecule has 1 rings (SSSR count). The van der Waals surface area contributed by atoms with Gasteiger partial charge in [0, 0.05) is 18.2 Å². The van der Waals surface area contributed by atoms with Crippen molar-refractivity contribution < 1.29 is 14.5 Å². The molecule has 0 heterocycles. The van der Waals surface area contributed by atoms with Crippen LogP contribution in [0.3, 0.4) is 0 Å². The number of rotatable bonds is 6. The highest BCUT2D eigenvalue weighted by Crippen LogP contribution is 2.23. The van der Waals surface area contributed by atoms with E-state index in [0.29, 0.717) is 24.5 Å². The number of ether oxygens (including phenoxy) is 1. The second kappa shape index (κ2) is 7.53. The lowest BCUT2D eigenvalue weighted by Gasteiger charge is -2.01. The topological polar surface area (TPSA) is 69.4 Å². The molecule has 0 aliphatic carbocycles. The molecule has 1 aromatic rings. The predicted molar refractivity (Wildman–Crippen MR) is 72.2 cm³/mol. The number of carbonyl (C=O) groups is 1. The molecule has 0 amide bonds. The lowest BCUT2D eigenvalue weighted by atomic mass is 10.1. The number of nitro benzene ring substituents is 1. The average molecular weight is 284 g/mol. The zero-order valence-corrected chi connectivity index (χ0v) is 11.2. The third kappa shape index (κ3) is 5.09. The van der Waals surface area contributed by atoms with Gasteiger partial charge in [0.15, 0.2) is 0 Å². The Morgan fingerprint density at radius 1 is 1.53 bits per heavy atom. The van der Waals surface area contributed by atoms with Crippen LogP contribution in [0.2, 0.25) is 5.02 Å². The monoisotopic (exact) mass is 283 g/mol. The number of aryl methyl sites for hydroxylation is 1. The maximum atomic E-state index is 11.0. The van der Waals surface area contributed by atoms with Crippen LogP contribution in [0.1, 0.15) is 18.9 Å². The second-order valence-electron chi connectivity index (χ2n) is 3.73. The van der Waals surface area contributed by atoms with E-state index in [9.17, 15) is 14.9 Å². The molecule has 0 fully saturated rings. The predicted octanol–water partition coefficient (Wildman–Crippen LogP) is 3.30. The summed E-state index contributed by atoms with van der Waals surface area (Å²) in [5, 5.41) is 10.9. The Morgan fingerprint density at radius 3 is 2.84 bits per heavy atom. The minimum Gasteiger partial charge on any atom is -0.463 e. The van der Waals surface area contributed by atoms with Crippen LogP contribution >= 0.6 is 11.6 Å². The molecule has 5 nitrogen and oxygen atoms in total. The van der Waals surface area contributed by atoms with Gasteiger partial charge in [-0.25, -0.2) is 4.79 Å². The largest absolute Gasteiger partial charge is 0.463 e. The Hall–Kier alpha value is -1.88. The first-order valence-corrected chi connectivity index (χ1v) is 6.18. The van der Waals surface area contributed by atoms with Gasteiger partial charge in [-0.05, 0) is 25.3 Å². The van der Waals surface area contributed by atoms with Gasteiger partial charge < -0.3 is 4.74 Å². The normalized spacial score (nSPS) is 10.6. The molecule has 0 saturated carbocycles. The third-order valence-electron chi connectivity index (χ3n) is 2.37. The van der Waals surface area contributed by atoms with Gasteiger partial charge in [-0.2, -0.15) is 0 Å². The Balaban J connectivity index is 2.54. The molecule has 0 aliphatic heterocycles. The van der Waals surface area contributed by atoms with Gasteiger partial charge in [0.1, 0.15) is 0 Å². The van der Waals surface area contributed by atoms with E-state index in [1.807, 2.05) is 0 Å². The molecule has 102 valence electrons. The van der Waals surface area contributed by atoms with Crippen LogP contribution in [-0.2, 0) is 16.0 Å². The van der Waals surface area contributed by atoms with Crippen molar-refractivity contribution in [3.63, 3.8) is 0 Å². The fourth-order valence-corrected chi connectivity index (χ4v) is 1.73. The molecule has 0 atom stereocenters. The number of halogens is 1. The molecule has 0 aromatic heterocycles. The van der Waals surface area contributed by atoms with Gasteiger partial charge in [-0.1, -0.05) is 23.7 Å². The number of hydrogen-bond acceptors (Lipinski definition) is 4. The summed E-state index contributed by atoms with van der Waals surface area (Å²) < 4.78 is 4.73. The van der Waals surface area contributed by atoms with E-state index < -0.39 is 4.92 Å². The van der Waals surface area contributed by atoms with Gasteiger partial charge >= 0.3 is 5.97 Å². The molecule has 0 spiro atoms. The molecule has 0 N–H and O–H groups in total. The molecule has 0 saturated heterocycles. The zero-order chi connectivity index (χ0) is 14.3. The first-order chi connectivity index (χ1) is 9.04. The molecule has 0 bridgehead atoms. The molecule has 0 unspecified atom stereocenters. The molecule has 0 radical (unpaired) electrons. The summed E-state index contributed by atoms with van der Waals surface area (Å²) >= 11 is 5.94. The van der Waals surface area contributed by atoms with Crippen molar-refractivity contribution in [3.05, 3.63) is 51.1 Å². The van der Waals surface area contributed by atoms with Crippen molar-refractivity contribution in [2.24, 2.45) is 0 Å². The number of benzene rings is 1. The number of non-ortho nitro benzene ring substituents is 1. The quantitative estimate of drug-likeness (QED) is 0.348. The smallest absolute Gasteiger partial charge is 0.330 e. The van der Waals surface area contributed by atoms with Gasteiger partial charge in [0.2, 0.25) is 0 Å². The van der Waals surface area contributed by atoms with Crippen LogP contribution < -0.4 is 0 Å². The lowest BCUT2D eigenvalue weighted by molar-refractivity contribution is -0.384. The molecule has 0 aliphatic rings. The summed E-state index contributed by atoms with van der Waals surface area (Å²) in [5.41, 5.74) is 0.775. The first kappa shape index (κ1) is 15.2. The second-order valence-corrected chi connectivity index (χ2v) is 4.13. The van der Waals surface area contributed by atoms with Crippen LogP contribution in [-0.4, -0.2) is 17.5 Å². The van der Waals surface area contributed by atoms with E-state index in [2.05, 4.69) is 0 Å². The summed E-state index contributed by atoms with van der Waals surface area (Å²) in [6.45, 7) is 2.08. The van der Waals surface area contributed by atoms with Gasteiger partial charge in [-0.3, -0.25) is 10.1 Å². The van der Waals surface area contributed by atoms with E-state index in [1.54, 1.807) is 19.1 Å². The number of esters is 1. The summed E-state index contributed by atoms with van der Waals surface area (Å²) in [7, 11) is 0. The van der Waals surface area contributed by atoms with Crippen molar-refractivity contribution in [3.8, 4) is 0 Å². The highest BCUT2D eigenvalue weighted by Gasteiger charge is 2.08. The highest BCUT2D eigenvalue weighted by molar-refractivity contribution is 6.31. The third-order valence-corrected chi connectivity index (χ3v) is 2.72. The fourth-order valence-electron chi connectivity index (χ4n) is 1.46. The molecular weight excluding hydrogens is 270 g/mol. The SMILES string of the molecule is CCOC(=O)/C=C/CCc1ccc([N+](=O)[O-])cc1Cl. The van der Waals surface area contributed by atoms with Crippen molar-refractivity contribution >= 4 is 23.3 Å². The summed E-state index contributed by atoms with van der Waals surface area (Å²) in [6, 6.07) is 4.36. The van der Waals surface area contributed by atoms with E-state index >= 15 is 0 Å². The van der Waals surface area contributed by atoms with E-state index in [1.165, 1.54) is 18.2 Å². The van der Waals surface area contributed by atoms with Gasteiger partial charge in [0.05, 0.1) is 16.6 Å². The number of allylic oxidation sites excluding steroid dienone is 1. The maximum Gasteiger partial charge on any atom is 0.330 e. The van der Waals surface area contributed by atoms with E-state index in [4.69, 9.17) is 16.3 Å². The Labute approximate surface area is 116 Å². The number of hydrogen-bond donors (Lipinski definition) is 0. The number of nitro groups is 1. The molecular formula is C13H14ClNO4. The van der Waals surface area contributed by atoms with Gasteiger partial charge in [-0.15, -0.1) is 0 Å². The molecule has 6 heteroatoms. The Morgan fingerprint density at radius 2 is 2.26 bits per heavy atom. The first-order valence-electron chi connectivity index (χ1n) is 5.80. The molecule has 1 aromatic carbocycles. The highest BCUT2D eigenvalue weighted by atomic mass is 35.5. The molecule has 19 heavy (non-hydrogen) atoms. The van der Waals surface area contributed by atoms with Crippen LogP contribution in [0, 0.1) is 10.1 Å². The average Bonchev–Trinajstić information content (AvgIpc) is 2.36. The summed E-state index contributed by atoms with van der Waals surface area (Å²) in [6.07, 6.45) is 4.27.